The van der Waals surface area contributed by atoms with Gasteiger partial charge in [0.15, 0.2) is 5.11 Å². The maximum Gasteiger partial charge on any atom is 0.277 e. The molecule has 0 spiro atoms. The summed E-state index contributed by atoms with van der Waals surface area (Å²) in [6, 6.07) is 18.0. The fourth-order valence-corrected chi connectivity index (χ4v) is 3.18. The first kappa shape index (κ1) is 23.9. The molecule has 0 aliphatic carbocycles. The third-order valence-corrected chi connectivity index (χ3v) is 4.83. The van der Waals surface area contributed by atoms with Crippen LogP contribution in [-0.2, 0) is 0 Å². The number of para-hydroxylation sites is 1. The lowest BCUT2D eigenvalue weighted by Gasteiger charge is -2.18. The topological polar surface area (TPSA) is 148 Å². The molecule has 3 aromatic carbocycles. The Hall–Kier alpha value is -4.71. The van der Waals surface area contributed by atoms with Crippen molar-refractivity contribution in [1.29, 1.82) is 0 Å². The number of hydrogen-bond acceptors (Lipinski definition) is 7. The van der Waals surface area contributed by atoms with E-state index < -0.39 is 27.1 Å². The smallest absolute Gasteiger partial charge is 0.277 e. The molecule has 0 radical (unpaired) electrons. The molecule has 34 heavy (non-hydrogen) atoms. The summed E-state index contributed by atoms with van der Waals surface area (Å²) in [5.41, 5.74) is -0.0421. The molecule has 11 nitrogen and oxygen atoms in total. The Bertz CT molecular complexity index is 1270. The maximum atomic E-state index is 12.8. The summed E-state index contributed by atoms with van der Waals surface area (Å²) >= 11 is 5.11. The predicted octanol–water partition coefficient (Wildman–Crippen LogP) is 3.91. The quantitative estimate of drug-likeness (QED) is 0.307. The van der Waals surface area contributed by atoms with E-state index in [2.05, 4.69) is 10.6 Å². The molecule has 0 aliphatic rings. The Morgan fingerprint density at radius 3 is 2.06 bits per heavy atom. The molecule has 12 heteroatoms. The van der Waals surface area contributed by atoms with E-state index in [4.69, 9.17) is 12.2 Å². The number of nitrogens with zero attached hydrogens (tertiary/aromatic N) is 3. The molecule has 0 heterocycles. The molecule has 2 amide bonds. The monoisotopic (exact) mass is 479 g/mol. The minimum Gasteiger partial charge on any atom is -0.332 e. The van der Waals surface area contributed by atoms with Crippen LogP contribution in [0.1, 0.15) is 20.7 Å². The van der Waals surface area contributed by atoms with Gasteiger partial charge in [-0.15, -0.1) is 0 Å². The van der Waals surface area contributed by atoms with Crippen molar-refractivity contribution in [2.45, 2.75) is 0 Å². The van der Waals surface area contributed by atoms with Crippen LogP contribution in [0.4, 0.5) is 22.7 Å². The molecule has 0 saturated carbocycles. The summed E-state index contributed by atoms with van der Waals surface area (Å²) < 4.78 is 0. The number of carbonyl (C=O) groups excluding carboxylic acids is 2. The van der Waals surface area contributed by atoms with E-state index >= 15 is 0 Å². The first-order valence-corrected chi connectivity index (χ1v) is 10.1. The number of benzene rings is 3. The average Bonchev–Trinajstić information content (AvgIpc) is 2.83. The minimum absolute atomic E-state index is 0.167. The molecular weight excluding hydrogens is 462 g/mol. The van der Waals surface area contributed by atoms with Crippen LogP contribution < -0.4 is 15.5 Å². The Balaban J connectivity index is 1.72. The number of non-ortho nitro benzene ring substituents is 2. The van der Waals surface area contributed by atoms with Crippen LogP contribution in [0.25, 0.3) is 0 Å². The summed E-state index contributed by atoms with van der Waals surface area (Å²) in [6.45, 7) is 0. The van der Waals surface area contributed by atoms with Crippen LogP contribution in [0.3, 0.4) is 0 Å². The lowest BCUT2D eigenvalue weighted by molar-refractivity contribution is -0.394. The van der Waals surface area contributed by atoms with Gasteiger partial charge in [0.2, 0.25) is 0 Å². The summed E-state index contributed by atoms with van der Waals surface area (Å²) in [5.74, 6) is -1.14. The molecule has 0 aliphatic heterocycles. The van der Waals surface area contributed by atoms with Gasteiger partial charge >= 0.3 is 0 Å². The Labute approximate surface area is 198 Å². The van der Waals surface area contributed by atoms with Crippen molar-refractivity contribution in [2.75, 3.05) is 17.3 Å². The average molecular weight is 479 g/mol. The van der Waals surface area contributed by atoms with Gasteiger partial charge in [-0.25, -0.2) is 0 Å². The fourth-order valence-electron chi connectivity index (χ4n) is 2.97. The van der Waals surface area contributed by atoms with Crippen molar-refractivity contribution >= 4 is 51.9 Å². The summed E-state index contributed by atoms with van der Waals surface area (Å²) in [5, 5.41) is 26.9. The van der Waals surface area contributed by atoms with Gasteiger partial charge in [0.05, 0.1) is 21.5 Å². The molecule has 0 atom stereocenters. The van der Waals surface area contributed by atoms with Crippen molar-refractivity contribution in [1.82, 2.24) is 5.32 Å². The van der Waals surface area contributed by atoms with Gasteiger partial charge in [0, 0.05) is 36.1 Å². The number of hydrogen-bond donors (Lipinski definition) is 2. The lowest BCUT2D eigenvalue weighted by Crippen LogP contribution is -2.34. The highest BCUT2D eigenvalue weighted by Gasteiger charge is 2.20. The zero-order valence-electron chi connectivity index (χ0n) is 17.6. The van der Waals surface area contributed by atoms with Gasteiger partial charge in [-0.2, -0.15) is 0 Å². The van der Waals surface area contributed by atoms with E-state index in [0.29, 0.717) is 16.9 Å². The zero-order valence-corrected chi connectivity index (χ0v) is 18.4. The van der Waals surface area contributed by atoms with Crippen molar-refractivity contribution in [3.8, 4) is 0 Å². The van der Waals surface area contributed by atoms with Gasteiger partial charge in [-0.05, 0) is 42.5 Å². The number of thiocarbonyl (C=S) groups is 1. The second-order valence-electron chi connectivity index (χ2n) is 6.94. The van der Waals surface area contributed by atoms with E-state index in [-0.39, 0.29) is 16.6 Å². The normalized spacial score (nSPS) is 10.1. The summed E-state index contributed by atoms with van der Waals surface area (Å²) in [4.78, 5) is 47.1. The van der Waals surface area contributed by atoms with Gasteiger partial charge in [0.1, 0.15) is 0 Å². The van der Waals surface area contributed by atoms with Crippen LogP contribution in [0.2, 0.25) is 0 Å². The third kappa shape index (κ3) is 5.75. The number of anilines is 2. The Morgan fingerprint density at radius 1 is 0.853 bits per heavy atom. The molecule has 0 aromatic heterocycles. The van der Waals surface area contributed by atoms with Crippen molar-refractivity contribution in [2.24, 2.45) is 0 Å². The number of nitrogens with one attached hydrogen (secondary N) is 2. The highest BCUT2D eigenvalue weighted by atomic mass is 32.1. The molecule has 0 bridgehead atoms. The molecule has 2 N–H and O–H groups in total. The highest BCUT2D eigenvalue weighted by Crippen LogP contribution is 2.23. The van der Waals surface area contributed by atoms with Crippen LogP contribution in [-0.4, -0.2) is 33.8 Å². The van der Waals surface area contributed by atoms with Crippen molar-refractivity contribution in [3.63, 3.8) is 0 Å². The standard InChI is InChI=1S/C22H17N5O6S/c1-25(17-8-3-2-4-9-17)21(29)14-6-5-7-16(10-14)23-22(34)24-20(28)15-11-18(26(30)31)13-19(12-15)27(32)33/h2-13H,1H3,(H2,23,24,28,34). The Morgan fingerprint density at radius 2 is 1.47 bits per heavy atom. The van der Waals surface area contributed by atoms with Crippen molar-refractivity contribution < 1.29 is 19.4 Å². The molecule has 3 rings (SSSR count). The highest BCUT2D eigenvalue weighted by molar-refractivity contribution is 7.80. The van der Waals surface area contributed by atoms with Gasteiger partial charge in [-0.3, -0.25) is 35.1 Å². The first-order valence-electron chi connectivity index (χ1n) is 9.65. The van der Waals surface area contributed by atoms with Gasteiger partial charge in [0.25, 0.3) is 23.2 Å². The lowest BCUT2D eigenvalue weighted by atomic mass is 10.1. The largest absolute Gasteiger partial charge is 0.332 e. The van der Waals surface area contributed by atoms with Crippen LogP contribution >= 0.6 is 12.2 Å². The van der Waals surface area contributed by atoms with Gasteiger partial charge < -0.3 is 10.2 Å². The van der Waals surface area contributed by atoms with E-state index in [1.807, 2.05) is 18.2 Å². The van der Waals surface area contributed by atoms with Crippen LogP contribution in [0.15, 0.2) is 72.8 Å². The second kappa shape index (κ2) is 10.3. The third-order valence-electron chi connectivity index (χ3n) is 4.63. The number of nitro groups is 2. The number of nitro benzene ring substituents is 2. The van der Waals surface area contributed by atoms with Crippen molar-refractivity contribution in [3.05, 3.63) is 104 Å². The van der Waals surface area contributed by atoms with Crippen LogP contribution in [0, 0.1) is 20.2 Å². The van der Waals surface area contributed by atoms with E-state index in [9.17, 15) is 29.8 Å². The number of amides is 2. The molecule has 0 saturated heterocycles. The SMILES string of the molecule is CN(C(=O)c1cccc(NC(=S)NC(=O)c2cc([N+](=O)[O-])cc([N+](=O)[O-])c2)c1)c1ccccc1. The zero-order chi connectivity index (χ0) is 24.8. The molecule has 172 valence electrons. The van der Waals surface area contributed by atoms with Crippen LogP contribution in [0.5, 0.6) is 0 Å². The molecular formula is C22H17N5O6S. The van der Waals surface area contributed by atoms with E-state index in [1.165, 1.54) is 4.90 Å². The second-order valence-corrected chi connectivity index (χ2v) is 7.35. The fraction of sp³-hybridized carbons (Fsp3) is 0.0455. The molecule has 0 unspecified atom stereocenters. The first-order chi connectivity index (χ1) is 16.2. The molecule has 0 fully saturated rings. The minimum atomic E-state index is -0.875. The maximum absolute atomic E-state index is 12.8. The van der Waals surface area contributed by atoms with E-state index in [1.54, 1.807) is 43.4 Å². The summed E-state index contributed by atoms with van der Waals surface area (Å²) in [7, 11) is 1.64. The number of carbonyl (C=O) groups is 2. The van der Waals surface area contributed by atoms with E-state index in [0.717, 1.165) is 18.2 Å². The predicted molar refractivity (Wildman–Crippen MR) is 129 cm³/mol. The Kier molecular flexibility index (Phi) is 7.23. The summed E-state index contributed by atoms with van der Waals surface area (Å²) in [6.07, 6.45) is 0. The molecule has 3 aromatic rings. The van der Waals surface area contributed by atoms with Gasteiger partial charge in [-0.1, -0.05) is 24.3 Å². The number of rotatable bonds is 6.